The molecule has 0 spiro atoms. The largest absolute Gasteiger partial charge is 0.507 e. The van der Waals surface area contributed by atoms with E-state index < -0.39 is 0 Å². The number of nitrogens with zero attached hydrogens (tertiary/aromatic N) is 4. The van der Waals surface area contributed by atoms with Crippen molar-refractivity contribution in [1.82, 2.24) is 19.9 Å². The van der Waals surface area contributed by atoms with Crippen LogP contribution in [0.15, 0.2) is 304 Å². The molecule has 0 unspecified atom stereocenters. The number of para-hydroxylation sites is 2. The smallest absolute Gasteiger partial charge is 0.124 e. The van der Waals surface area contributed by atoms with E-state index in [0.29, 0.717) is 0 Å². The van der Waals surface area contributed by atoms with Gasteiger partial charge in [0.1, 0.15) is 11.5 Å². The average molecular weight is 1420 g/mol. The summed E-state index contributed by atoms with van der Waals surface area (Å²) in [6.07, 6.45) is 7.17. The molecular weight excluding hydrogens is 1370 g/mol. The molecule has 8 heteroatoms. The minimum atomic E-state index is 0. The molecule has 0 amide bonds. The Morgan fingerprint density at radius 2 is 0.512 bits per heavy atom. The summed E-state index contributed by atoms with van der Waals surface area (Å²) < 4.78 is 0. The van der Waals surface area contributed by atoms with Gasteiger partial charge in [0, 0.05) is 78.0 Å². The average Bonchev–Trinajstić information content (AvgIpc) is 3.62. The second-order valence-corrected chi connectivity index (χ2v) is 18.8. The van der Waals surface area contributed by atoms with Crippen molar-refractivity contribution in [1.29, 1.82) is 0 Å². The second kappa shape index (κ2) is 28.1. The number of aromatic nitrogens is 4. The van der Waals surface area contributed by atoms with Gasteiger partial charge in [-0.15, -0.1) is 0 Å². The molecule has 6 nitrogen and oxygen atoms in total. The van der Waals surface area contributed by atoms with Crippen LogP contribution >= 0.6 is 0 Å². The summed E-state index contributed by atoms with van der Waals surface area (Å²) in [7, 11) is 0. The van der Waals surface area contributed by atoms with Gasteiger partial charge in [-0.05, 0) is 164 Å². The standard InChI is InChI=1S/C52H34N2.2C11H9NO.2Pt/c1-5-13-37(14-6-1)45-29-46(38-15-7-2-8-16-38)32-49(31-45)43-25-27-53-51(35-43)41-21-23-42(24-22-41)52-36-44(26-28-54-52)50-33-47(39-17-9-3-10-18-39)30-48(34-50)40-19-11-4-12-20-40;2*13-11-7-2-1-5-9(11)10-6-3-4-8-12-10;;/h1-21,24-36H;2*1-8,13H;;/q-2;;;;. The topological polar surface area (TPSA) is 92.0 Å². The Kier molecular flexibility index (Phi) is 19.6. The zero-order valence-corrected chi connectivity index (χ0v) is 48.7. The van der Waals surface area contributed by atoms with E-state index in [1.165, 1.54) is 44.5 Å². The van der Waals surface area contributed by atoms with E-state index in [2.05, 4.69) is 204 Å². The molecule has 0 radical (unpaired) electrons. The molecular formula is C74H52N4O2Pt2-2. The zero-order chi connectivity index (χ0) is 54.3. The van der Waals surface area contributed by atoms with Crippen LogP contribution in [0.25, 0.3) is 112 Å². The first-order valence-electron chi connectivity index (χ1n) is 26.3. The van der Waals surface area contributed by atoms with Crippen molar-refractivity contribution in [3.63, 3.8) is 0 Å². The number of pyridine rings is 4. The van der Waals surface area contributed by atoms with Gasteiger partial charge in [-0.1, -0.05) is 181 Å². The summed E-state index contributed by atoms with van der Waals surface area (Å²) in [5.74, 6) is 0.530. The summed E-state index contributed by atoms with van der Waals surface area (Å²) in [5, 5.41) is 19.0. The third-order valence-corrected chi connectivity index (χ3v) is 13.5. The minimum absolute atomic E-state index is 0. The van der Waals surface area contributed by atoms with Crippen molar-refractivity contribution in [2.75, 3.05) is 0 Å². The first-order valence-corrected chi connectivity index (χ1v) is 26.3. The molecule has 0 aliphatic heterocycles. The van der Waals surface area contributed by atoms with Gasteiger partial charge in [0.2, 0.25) is 0 Å². The summed E-state index contributed by atoms with van der Waals surface area (Å²) in [6.45, 7) is 0. The van der Waals surface area contributed by atoms with Gasteiger partial charge in [-0.25, -0.2) is 35.4 Å². The van der Waals surface area contributed by atoms with Gasteiger partial charge < -0.3 is 20.2 Å². The predicted molar refractivity (Wildman–Crippen MR) is 326 cm³/mol. The molecule has 4 aromatic heterocycles. The van der Waals surface area contributed by atoms with E-state index in [4.69, 9.17) is 9.97 Å². The van der Waals surface area contributed by atoms with Gasteiger partial charge in [-0.2, -0.15) is 0 Å². The number of rotatable bonds is 10. The maximum absolute atomic E-state index is 9.52. The van der Waals surface area contributed by atoms with Crippen LogP contribution in [0.5, 0.6) is 11.5 Å². The fourth-order valence-electron chi connectivity index (χ4n) is 9.40. The summed E-state index contributed by atoms with van der Waals surface area (Å²) in [5.41, 5.74) is 20.4. The SMILES string of the molecule is Oc1ccccc1-c1ccccn1.Oc1ccccc1-c1ccccn1.[Pt].[Pt].[c-]1cc(-c2cc(-c3cc(-c4ccccc4)cc(-c4ccccc4)c3)ccn2)[c-]cc1-c1cc(-c2cc(-c3ccccc3)cc(-c3ccccc3)c2)ccn1. The zero-order valence-electron chi connectivity index (χ0n) is 44.2. The number of aromatic hydroxyl groups is 2. The molecule has 0 aliphatic carbocycles. The molecule has 9 aromatic carbocycles. The Balaban J connectivity index is 0.000000236. The molecule has 2 N–H and O–H groups in total. The summed E-state index contributed by atoms with van der Waals surface area (Å²) in [6, 6.07) is 101. The van der Waals surface area contributed by atoms with E-state index >= 15 is 0 Å². The minimum Gasteiger partial charge on any atom is -0.507 e. The fraction of sp³-hybridized carbons (Fsp3) is 0. The Labute approximate surface area is 507 Å². The van der Waals surface area contributed by atoms with Gasteiger partial charge in [0.15, 0.2) is 0 Å². The van der Waals surface area contributed by atoms with Gasteiger partial charge >= 0.3 is 0 Å². The van der Waals surface area contributed by atoms with Gasteiger partial charge in [0.05, 0.1) is 11.4 Å². The van der Waals surface area contributed by atoms with Crippen molar-refractivity contribution in [3.8, 4) is 123 Å². The van der Waals surface area contributed by atoms with Crippen LogP contribution in [0.4, 0.5) is 0 Å². The van der Waals surface area contributed by atoms with Crippen LogP contribution in [0.1, 0.15) is 0 Å². The van der Waals surface area contributed by atoms with Crippen LogP contribution in [-0.2, 0) is 42.1 Å². The maximum Gasteiger partial charge on any atom is 0.124 e. The molecule has 13 rings (SSSR count). The Morgan fingerprint density at radius 3 is 0.805 bits per heavy atom. The Morgan fingerprint density at radius 1 is 0.232 bits per heavy atom. The van der Waals surface area contributed by atoms with Gasteiger partial charge in [-0.3, -0.25) is 9.97 Å². The molecule has 0 fully saturated rings. The number of benzene rings is 9. The number of hydrogen-bond acceptors (Lipinski definition) is 6. The van der Waals surface area contributed by atoms with Crippen LogP contribution < -0.4 is 0 Å². The maximum atomic E-state index is 9.52. The van der Waals surface area contributed by atoms with Crippen LogP contribution in [0, 0.1) is 12.1 Å². The second-order valence-electron chi connectivity index (χ2n) is 18.8. The number of hydrogen-bond donors (Lipinski definition) is 2. The quantitative estimate of drug-likeness (QED) is 0.133. The third kappa shape index (κ3) is 14.3. The normalized spacial score (nSPS) is 10.3. The molecule has 13 aromatic rings. The first-order chi connectivity index (χ1) is 39.5. The molecule has 0 aliphatic rings. The van der Waals surface area contributed by atoms with Crippen molar-refractivity contribution < 1.29 is 52.3 Å². The third-order valence-electron chi connectivity index (χ3n) is 13.5. The van der Waals surface area contributed by atoms with E-state index in [1.54, 1.807) is 36.7 Å². The van der Waals surface area contributed by atoms with Crippen molar-refractivity contribution in [2.45, 2.75) is 0 Å². The molecule has 0 bridgehead atoms. The molecule has 0 saturated heterocycles. The number of phenols is 2. The van der Waals surface area contributed by atoms with Crippen molar-refractivity contribution in [2.24, 2.45) is 0 Å². The van der Waals surface area contributed by atoms with Gasteiger partial charge in [0.25, 0.3) is 0 Å². The monoisotopic (exact) mass is 1420 g/mol. The first kappa shape index (κ1) is 57.2. The van der Waals surface area contributed by atoms with Crippen molar-refractivity contribution in [3.05, 3.63) is 316 Å². The molecule has 402 valence electrons. The van der Waals surface area contributed by atoms with Crippen LogP contribution in [0.3, 0.4) is 0 Å². The summed E-state index contributed by atoms with van der Waals surface area (Å²) in [4.78, 5) is 17.8. The van der Waals surface area contributed by atoms with Crippen LogP contribution in [-0.4, -0.2) is 30.1 Å². The molecule has 0 atom stereocenters. The fourth-order valence-corrected chi connectivity index (χ4v) is 9.40. The summed E-state index contributed by atoms with van der Waals surface area (Å²) >= 11 is 0. The molecule has 0 saturated carbocycles. The number of phenolic OH excluding ortho intramolecular Hbond substituents is 2. The van der Waals surface area contributed by atoms with E-state index in [0.717, 1.165) is 67.3 Å². The molecule has 82 heavy (non-hydrogen) atoms. The van der Waals surface area contributed by atoms with Crippen LogP contribution in [0.2, 0.25) is 0 Å². The predicted octanol–water partition coefficient (Wildman–Crippen LogP) is 18.3. The van der Waals surface area contributed by atoms with E-state index in [-0.39, 0.29) is 53.6 Å². The van der Waals surface area contributed by atoms with Crippen molar-refractivity contribution >= 4 is 0 Å². The Hall–Kier alpha value is -9.44. The Bertz CT molecular complexity index is 3730. The molecule has 4 heterocycles. The van der Waals surface area contributed by atoms with E-state index in [1.807, 2.05) is 85.2 Å². The van der Waals surface area contributed by atoms with E-state index in [9.17, 15) is 10.2 Å².